The van der Waals surface area contributed by atoms with Gasteiger partial charge in [0.2, 0.25) is 5.91 Å². The lowest BCUT2D eigenvalue weighted by Gasteiger charge is -2.60. The number of thiazole rings is 1. The number of fused-ring (bicyclic) bond motifs is 1. The summed E-state index contributed by atoms with van der Waals surface area (Å²) in [5.74, 6) is 0.960. The number of ether oxygens (including phenoxy) is 1. The number of aromatic nitrogens is 1. The third-order valence-corrected chi connectivity index (χ3v) is 7.61. The van der Waals surface area contributed by atoms with Crippen LogP contribution in [0.1, 0.15) is 50.5 Å². The van der Waals surface area contributed by atoms with Crippen molar-refractivity contribution in [1.82, 2.24) is 10.3 Å². The number of amides is 1. The fourth-order valence-corrected chi connectivity index (χ4v) is 7.16. The van der Waals surface area contributed by atoms with Crippen molar-refractivity contribution in [1.29, 1.82) is 0 Å². The van der Waals surface area contributed by atoms with Gasteiger partial charge in [0.05, 0.1) is 15.6 Å². The molecular formula is C21H24N2O3S. The maximum Gasteiger partial charge on any atom is 0.312 e. The fraction of sp³-hybridized carbons (Fsp3) is 0.571. The molecule has 4 atom stereocenters. The Kier molecular flexibility index (Phi) is 3.83. The number of benzene rings is 1. The molecule has 0 spiro atoms. The van der Waals surface area contributed by atoms with Crippen LogP contribution in [0.5, 0.6) is 0 Å². The number of esters is 1. The average Bonchev–Trinajstić information content (AvgIpc) is 3.00. The minimum atomic E-state index is -0.427. The normalized spacial score (nSPS) is 34.0. The number of hydrogen-bond acceptors (Lipinski definition) is 5. The van der Waals surface area contributed by atoms with E-state index in [1.165, 1.54) is 6.42 Å². The number of rotatable bonds is 4. The molecule has 0 radical (unpaired) electrons. The van der Waals surface area contributed by atoms with E-state index in [1.807, 2.05) is 24.3 Å². The van der Waals surface area contributed by atoms with Gasteiger partial charge in [0.1, 0.15) is 11.6 Å². The van der Waals surface area contributed by atoms with Crippen LogP contribution in [0.3, 0.4) is 0 Å². The molecule has 1 amide bonds. The zero-order chi connectivity index (χ0) is 18.6. The highest BCUT2D eigenvalue weighted by Crippen LogP contribution is 2.62. The van der Waals surface area contributed by atoms with Gasteiger partial charge in [0.15, 0.2) is 0 Å². The van der Waals surface area contributed by atoms with E-state index in [-0.39, 0.29) is 24.0 Å². The number of carbonyl (C=O) groups is 2. The van der Waals surface area contributed by atoms with Gasteiger partial charge in [-0.05, 0) is 62.5 Å². The van der Waals surface area contributed by atoms with Crippen molar-refractivity contribution < 1.29 is 14.3 Å². The van der Waals surface area contributed by atoms with Gasteiger partial charge in [-0.15, -0.1) is 11.3 Å². The topological polar surface area (TPSA) is 68.3 Å². The van der Waals surface area contributed by atoms with Gasteiger partial charge >= 0.3 is 5.97 Å². The predicted octanol–water partition coefficient (Wildman–Crippen LogP) is 3.81. The molecule has 1 heterocycles. The standard InChI is InChI=1S/C21H24N2O3S/c1-13(24)23-21-9-14-6-15(10-21)8-20(7-14,12-21)19(25)26-11-18-22-16-4-2-3-5-17(16)27-18/h2-5,14-15H,6-12H2,1H3,(H,23,24)/t14-,15+,20?,21?. The van der Waals surface area contributed by atoms with Crippen molar-refractivity contribution in [3.05, 3.63) is 29.3 Å². The molecule has 4 saturated carbocycles. The van der Waals surface area contributed by atoms with E-state index >= 15 is 0 Å². The third-order valence-electron chi connectivity index (χ3n) is 6.60. The number of carbonyl (C=O) groups excluding carboxylic acids is 2. The second-order valence-corrected chi connectivity index (χ2v) is 9.97. The van der Waals surface area contributed by atoms with Crippen molar-refractivity contribution in [3.8, 4) is 0 Å². The first-order chi connectivity index (χ1) is 13.0. The summed E-state index contributed by atoms with van der Waals surface area (Å²) >= 11 is 1.58. The molecule has 5 nitrogen and oxygen atoms in total. The summed E-state index contributed by atoms with van der Waals surface area (Å²) in [6.45, 7) is 1.82. The summed E-state index contributed by atoms with van der Waals surface area (Å²) < 4.78 is 6.90. The summed E-state index contributed by atoms with van der Waals surface area (Å²) in [4.78, 5) is 29.5. The van der Waals surface area contributed by atoms with E-state index < -0.39 is 5.41 Å². The predicted molar refractivity (Wildman–Crippen MR) is 103 cm³/mol. The SMILES string of the molecule is CC(=O)NC12C[C@H]3C[C@@H](C1)CC(C(=O)OCc1nc4ccccc4s1)(C3)C2. The minimum absolute atomic E-state index is 0.00921. The van der Waals surface area contributed by atoms with E-state index in [0.717, 1.165) is 47.3 Å². The summed E-state index contributed by atoms with van der Waals surface area (Å²) in [5.41, 5.74) is 0.321. The number of nitrogens with one attached hydrogen (secondary N) is 1. The van der Waals surface area contributed by atoms with Gasteiger partial charge < -0.3 is 10.1 Å². The Hall–Kier alpha value is -1.95. The molecule has 6 heteroatoms. The molecule has 27 heavy (non-hydrogen) atoms. The molecule has 1 aromatic heterocycles. The largest absolute Gasteiger partial charge is 0.458 e. The lowest BCUT2D eigenvalue weighted by Crippen LogP contribution is -2.64. The van der Waals surface area contributed by atoms with Crippen LogP contribution >= 0.6 is 11.3 Å². The Morgan fingerprint density at radius 1 is 1.22 bits per heavy atom. The second-order valence-electron chi connectivity index (χ2n) is 8.85. The minimum Gasteiger partial charge on any atom is -0.458 e. The summed E-state index contributed by atoms with van der Waals surface area (Å²) in [6, 6.07) is 7.98. The lowest BCUT2D eigenvalue weighted by atomic mass is 9.47. The van der Waals surface area contributed by atoms with Crippen LogP contribution in [-0.4, -0.2) is 22.4 Å². The Labute approximate surface area is 162 Å². The lowest BCUT2D eigenvalue weighted by molar-refractivity contribution is -0.177. The van der Waals surface area contributed by atoms with Gasteiger partial charge in [0.25, 0.3) is 0 Å². The van der Waals surface area contributed by atoms with Gasteiger partial charge in [-0.25, -0.2) is 4.98 Å². The van der Waals surface area contributed by atoms with Crippen molar-refractivity contribution in [2.75, 3.05) is 0 Å². The van der Waals surface area contributed by atoms with Crippen LogP contribution in [0.4, 0.5) is 0 Å². The molecule has 4 aliphatic rings. The first-order valence-electron chi connectivity index (χ1n) is 9.76. The Balaban J connectivity index is 1.34. The first kappa shape index (κ1) is 17.2. The van der Waals surface area contributed by atoms with Crippen molar-refractivity contribution in [2.45, 2.75) is 57.6 Å². The smallest absolute Gasteiger partial charge is 0.312 e. The molecule has 2 aromatic rings. The molecule has 2 unspecified atom stereocenters. The number of nitrogens with zero attached hydrogens (tertiary/aromatic N) is 1. The van der Waals surface area contributed by atoms with Crippen LogP contribution in [0.15, 0.2) is 24.3 Å². The van der Waals surface area contributed by atoms with Crippen molar-refractivity contribution in [3.63, 3.8) is 0 Å². The van der Waals surface area contributed by atoms with E-state index in [0.29, 0.717) is 11.8 Å². The highest BCUT2D eigenvalue weighted by atomic mass is 32.1. The Morgan fingerprint density at radius 2 is 1.96 bits per heavy atom. The fourth-order valence-electron chi connectivity index (χ4n) is 6.28. The second kappa shape index (κ2) is 6.03. The number of para-hydroxylation sites is 1. The van der Waals surface area contributed by atoms with E-state index in [4.69, 9.17) is 4.74 Å². The highest BCUT2D eigenvalue weighted by Gasteiger charge is 2.61. The van der Waals surface area contributed by atoms with Gasteiger partial charge in [-0.3, -0.25) is 9.59 Å². The highest BCUT2D eigenvalue weighted by molar-refractivity contribution is 7.18. The van der Waals surface area contributed by atoms with Gasteiger partial charge in [-0.2, -0.15) is 0 Å². The Morgan fingerprint density at radius 3 is 2.67 bits per heavy atom. The molecule has 1 aromatic carbocycles. The zero-order valence-corrected chi connectivity index (χ0v) is 16.3. The van der Waals surface area contributed by atoms with Gasteiger partial charge in [0, 0.05) is 12.5 Å². The van der Waals surface area contributed by atoms with Crippen LogP contribution in [-0.2, 0) is 20.9 Å². The summed E-state index contributed by atoms with van der Waals surface area (Å²) in [6.07, 6.45) is 5.75. The van der Waals surface area contributed by atoms with Crippen LogP contribution in [0, 0.1) is 17.3 Å². The van der Waals surface area contributed by atoms with E-state index in [1.54, 1.807) is 18.3 Å². The van der Waals surface area contributed by atoms with Crippen molar-refractivity contribution in [2.24, 2.45) is 17.3 Å². The van der Waals surface area contributed by atoms with Crippen LogP contribution in [0.2, 0.25) is 0 Å². The van der Waals surface area contributed by atoms with E-state index in [9.17, 15) is 9.59 Å². The number of hydrogen-bond donors (Lipinski definition) is 1. The van der Waals surface area contributed by atoms with Crippen LogP contribution in [0.25, 0.3) is 10.2 Å². The van der Waals surface area contributed by atoms with Gasteiger partial charge in [-0.1, -0.05) is 12.1 Å². The maximum atomic E-state index is 13.2. The molecule has 0 saturated heterocycles. The molecule has 142 valence electrons. The first-order valence-corrected chi connectivity index (χ1v) is 10.6. The Bertz CT molecular complexity index is 874. The third kappa shape index (κ3) is 2.94. The monoisotopic (exact) mass is 384 g/mol. The maximum absolute atomic E-state index is 13.2. The summed E-state index contributed by atoms with van der Waals surface area (Å²) in [5, 5.41) is 4.04. The molecule has 4 aliphatic carbocycles. The van der Waals surface area contributed by atoms with Crippen molar-refractivity contribution >= 4 is 33.4 Å². The molecule has 1 N–H and O–H groups in total. The molecular weight excluding hydrogens is 360 g/mol. The quantitative estimate of drug-likeness (QED) is 0.814. The molecule has 6 rings (SSSR count). The van der Waals surface area contributed by atoms with Crippen LogP contribution < -0.4 is 5.32 Å². The zero-order valence-electron chi connectivity index (χ0n) is 15.5. The van der Waals surface area contributed by atoms with E-state index in [2.05, 4.69) is 10.3 Å². The molecule has 4 fully saturated rings. The molecule has 0 aliphatic heterocycles. The molecule has 4 bridgehead atoms. The summed E-state index contributed by atoms with van der Waals surface area (Å²) in [7, 11) is 0. The average molecular weight is 385 g/mol.